The third kappa shape index (κ3) is 4.02. The van der Waals surface area contributed by atoms with E-state index in [2.05, 4.69) is 35.3 Å². The maximum atomic E-state index is 8.64. The van der Waals surface area contributed by atoms with Crippen molar-refractivity contribution in [1.29, 1.82) is 5.41 Å². The zero-order valence-electron chi connectivity index (χ0n) is 13.7. The minimum absolute atomic E-state index is 0.376. The van der Waals surface area contributed by atoms with Gasteiger partial charge in [0.25, 0.3) is 0 Å². The molecule has 1 atom stereocenters. The molecule has 1 unspecified atom stereocenters. The van der Waals surface area contributed by atoms with Crippen molar-refractivity contribution < 1.29 is 0 Å². The van der Waals surface area contributed by atoms with Crippen LogP contribution in [0.15, 0.2) is 0 Å². The topological polar surface area (TPSA) is 52.9 Å². The molecule has 0 aliphatic heterocycles. The van der Waals surface area contributed by atoms with Crippen LogP contribution in [0.25, 0.3) is 0 Å². The fraction of sp³-hybridized carbons (Fsp3) is 0.812. The Morgan fingerprint density at radius 2 is 1.95 bits per heavy atom. The highest BCUT2D eigenvalue weighted by molar-refractivity contribution is 7.08. The standard InChI is InChI=1S/C16H28N4S/c1-11(2)13(4)20(10-14-8-6-5-7-9-14)16(17)15-12(3)18-19-21-15/h11,13-14,17H,5-10H2,1-4H3. The van der Waals surface area contributed by atoms with Gasteiger partial charge in [-0.25, -0.2) is 0 Å². The number of hydrogen-bond donors (Lipinski definition) is 1. The van der Waals surface area contributed by atoms with Crippen LogP contribution in [0.5, 0.6) is 0 Å². The number of aryl methyl sites for hydroxylation is 1. The van der Waals surface area contributed by atoms with Gasteiger partial charge in [0.2, 0.25) is 0 Å². The predicted octanol–water partition coefficient (Wildman–Crippen LogP) is 4.10. The Labute approximate surface area is 132 Å². The van der Waals surface area contributed by atoms with Gasteiger partial charge >= 0.3 is 0 Å². The Hall–Kier alpha value is -0.970. The average molecular weight is 308 g/mol. The van der Waals surface area contributed by atoms with Crippen molar-refractivity contribution in [2.45, 2.75) is 65.8 Å². The van der Waals surface area contributed by atoms with Crippen LogP contribution >= 0.6 is 11.5 Å². The molecule has 0 radical (unpaired) electrons. The van der Waals surface area contributed by atoms with Crippen LogP contribution in [0.1, 0.15) is 63.4 Å². The second-order valence-electron chi connectivity index (χ2n) is 6.68. The zero-order valence-corrected chi connectivity index (χ0v) is 14.5. The first kappa shape index (κ1) is 16.4. The summed E-state index contributed by atoms with van der Waals surface area (Å²) in [5.74, 6) is 1.89. The lowest BCUT2D eigenvalue weighted by atomic mass is 9.88. The largest absolute Gasteiger partial charge is 0.353 e. The lowest BCUT2D eigenvalue weighted by Gasteiger charge is -2.37. The summed E-state index contributed by atoms with van der Waals surface area (Å²) < 4.78 is 4.00. The Kier molecular flexibility index (Phi) is 5.73. The number of amidine groups is 1. The summed E-state index contributed by atoms with van der Waals surface area (Å²) in [4.78, 5) is 3.22. The minimum atomic E-state index is 0.376. The van der Waals surface area contributed by atoms with Gasteiger partial charge in [0.05, 0.1) is 5.69 Å². The first-order chi connectivity index (χ1) is 10.0. The summed E-state index contributed by atoms with van der Waals surface area (Å²) in [7, 11) is 0. The lowest BCUT2D eigenvalue weighted by Crippen LogP contribution is -2.44. The van der Waals surface area contributed by atoms with E-state index >= 15 is 0 Å². The van der Waals surface area contributed by atoms with Crippen molar-refractivity contribution in [3.63, 3.8) is 0 Å². The van der Waals surface area contributed by atoms with Crippen molar-refractivity contribution >= 4 is 17.4 Å². The van der Waals surface area contributed by atoms with Crippen LogP contribution in [0.3, 0.4) is 0 Å². The van der Waals surface area contributed by atoms with Gasteiger partial charge in [0.1, 0.15) is 10.7 Å². The van der Waals surface area contributed by atoms with Gasteiger partial charge in [-0.3, -0.25) is 5.41 Å². The number of nitrogens with one attached hydrogen (secondary N) is 1. The van der Waals surface area contributed by atoms with Crippen LogP contribution in [-0.2, 0) is 0 Å². The molecule has 1 saturated carbocycles. The number of rotatable bonds is 5. The Balaban J connectivity index is 2.15. The van der Waals surface area contributed by atoms with Crippen LogP contribution in [0.4, 0.5) is 0 Å². The third-order valence-electron chi connectivity index (χ3n) is 4.79. The molecule has 4 nitrogen and oxygen atoms in total. The smallest absolute Gasteiger partial charge is 0.142 e. The quantitative estimate of drug-likeness (QED) is 0.658. The molecule has 0 saturated heterocycles. The summed E-state index contributed by atoms with van der Waals surface area (Å²) in [6.07, 6.45) is 6.71. The molecule has 118 valence electrons. The molecule has 1 heterocycles. The van der Waals surface area contributed by atoms with Crippen molar-refractivity contribution in [2.24, 2.45) is 11.8 Å². The molecule has 1 N–H and O–H groups in total. The van der Waals surface area contributed by atoms with E-state index in [0.717, 1.165) is 23.0 Å². The molecule has 1 aliphatic carbocycles. The van der Waals surface area contributed by atoms with E-state index in [0.29, 0.717) is 17.8 Å². The van der Waals surface area contributed by atoms with E-state index < -0.39 is 0 Å². The fourth-order valence-electron chi connectivity index (χ4n) is 3.05. The first-order valence-corrected chi connectivity index (χ1v) is 8.92. The zero-order chi connectivity index (χ0) is 15.4. The molecular formula is C16H28N4S. The highest BCUT2D eigenvalue weighted by Crippen LogP contribution is 2.27. The SMILES string of the molecule is Cc1nnsc1C(=N)N(CC1CCCCC1)C(C)C(C)C. The summed E-state index contributed by atoms with van der Waals surface area (Å²) in [6, 6.07) is 0.376. The molecule has 0 amide bonds. The molecule has 2 rings (SSSR count). The molecule has 21 heavy (non-hydrogen) atoms. The molecule has 0 aromatic carbocycles. The van der Waals surface area contributed by atoms with Gasteiger partial charge in [-0.05, 0) is 50.1 Å². The summed E-state index contributed by atoms with van der Waals surface area (Å²) in [6.45, 7) is 9.68. The van der Waals surface area contributed by atoms with Crippen LogP contribution in [-0.4, -0.2) is 32.9 Å². The number of aromatic nitrogens is 2. The maximum Gasteiger partial charge on any atom is 0.142 e. The van der Waals surface area contributed by atoms with Gasteiger partial charge in [-0.1, -0.05) is 37.6 Å². The van der Waals surface area contributed by atoms with Crippen molar-refractivity contribution in [2.75, 3.05) is 6.54 Å². The highest BCUT2D eigenvalue weighted by atomic mass is 32.1. The van der Waals surface area contributed by atoms with Crippen molar-refractivity contribution in [3.8, 4) is 0 Å². The Bertz CT molecular complexity index is 463. The van der Waals surface area contributed by atoms with E-state index in [9.17, 15) is 0 Å². The molecule has 5 heteroatoms. The molecule has 1 fully saturated rings. The first-order valence-electron chi connectivity index (χ1n) is 8.15. The van der Waals surface area contributed by atoms with Crippen molar-refractivity contribution in [1.82, 2.24) is 14.5 Å². The Morgan fingerprint density at radius 1 is 1.29 bits per heavy atom. The summed E-state index contributed by atoms with van der Waals surface area (Å²) >= 11 is 1.35. The van der Waals surface area contributed by atoms with Gasteiger partial charge in [-0.2, -0.15) is 0 Å². The van der Waals surface area contributed by atoms with Crippen molar-refractivity contribution in [3.05, 3.63) is 10.6 Å². The molecule has 1 aromatic heterocycles. The fourth-order valence-corrected chi connectivity index (χ4v) is 3.67. The van der Waals surface area contributed by atoms with Crippen LogP contribution in [0, 0.1) is 24.2 Å². The minimum Gasteiger partial charge on any atom is -0.353 e. The van der Waals surface area contributed by atoms with E-state index in [1.54, 1.807) is 0 Å². The molecule has 0 bridgehead atoms. The summed E-state index contributed by atoms with van der Waals surface area (Å²) in [5.41, 5.74) is 0.884. The second-order valence-corrected chi connectivity index (χ2v) is 7.43. The monoisotopic (exact) mass is 308 g/mol. The van der Waals surface area contributed by atoms with Gasteiger partial charge in [0, 0.05) is 12.6 Å². The second kappa shape index (κ2) is 7.34. The Morgan fingerprint density at radius 3 is 2.48 bits per heavy atom. The van der Waals surface area contributed by atoms with Gasteiger partial charge in [-0.15, -0.1) is 5.10 Å². The molecular weight excluding hydrogens is 280 g/mol. The van der Waals surface area contributed by atoms with Crippen LogP contribution in [0.2, 0.25) is 0 Å². The number of nitrogens with zero attached hydrogens (tertiary/aromatic N) is 3. The highest BCUT2D eigenvalue weighted by Gasteiger charge is 2.27. The third-order valence-corrected chi connectivity index (χ3v) is 5.62. The van der Waals surface area contributed by atoms with Gasteiger partial charge in [0.15, 0.2) is 0 Å². The molecule has 1 aliphatic rings. The van der Waals surface area contributed by atoms with Gasteiger partial charge < -0.3 is 4.90 Å². The van der Waals surface area contributed by atoms with E-state index in [-0.39, 0.29) is 0 Å². The lowest BCUT2D eigenvalue weighted by molar-refractivity contribution is 0.206. The average Bonchev–Trinajstić information content (AvgIpc) is 2.90. The normalized spacial score (nSPS) is 18.0. The van der Waals surface area contributed by atoms with E-state index in [1.807, 2.05) is 6.92 Å². The van der Waals surface area contributed by atoms with E-state index in [4.69, 9.17) is 5.41 Å². The maximum absolute atomic E-state index is 8.64. The van der Waals surface area contributed by atoms with E-state index in [1.165, 1.54) is 43.6 Å². The van der Waals surface area contributed by atoms with Crippen LogP contribution < -0.4 is 0 Å². The number of hydrogen-bond acceptors (Lipinski definition) is 4. The molecule has 1 aromatic rings. The molecule has 0 spiro atoms. The predicted molar refractivity (Wildman–Crippen MR) is 89.1 cm³/mol. The summed E-state index contributed by atoms with van der Waals surface area (Å²) in [5, 5.41) is 12.7.